The Morgan fingerprint density at radius 1 is 1.09 bits per heavy atom. The van der Waals surface area contributed by atoms with E-state index in [9.17, 15) is 10.1 Å². The van der Waals surface area contributed by atoms with Gasteiger partial charge in [-0.2, -0.15) is 0 Å². The number of aromatic nitrogens is 5. The van der Waals surface area contributed by atoms with E-state index in [1.165, 1.54) is 16.8 Å². The van der Waals surface area contributed by atoms with Crippen molar-refractivity contribution in [1.29, 1.82) is 0 Å². The number of ether oxygens (including phenoxy) is 1. The number of fused-ring (bicyclic) bond motifs is 1. The molecule has 0 saturated heterocycles. The third kappa shape index (κ3) is 4.62. The molecule has 2 aromatic heterocycles. The van der Waals surface area contributed by atoms with E-state index in [1.807, 2.05) is 30.3 Å². The Morgan fingerprint density at radius 2 is 1.91 bits per heavy atom. The lowest BCUT2D eigenvalue weighted by atomic mass is 10.2. The second-order valence-corrected chi connectivity index (χ2v) is 7.68. The molecule has 0 saturated carbocycles. The van der Waals surface area contributed by atoms with Crippen molar-refractivity contribution >= 4 is 39.8 Å². The molecule has 5 rings (SSSR count). The molecule has 168 valence electrons. The van der Waals surface area contributed by atoms with E-state index in [2.05, 4.69) is 25.6 Å². The van der Waals surface area contributed by atoms with Crippen LogP contribution in [0.5, 0.6) is 5.75 Å². The molecular formula is C23H16ClN7O3. The maximum Gasteiger partial charge on any atom is 0.269 e. The number of rotatable bonds is 7. The lowest BCUT2D eigenvalue weighted by Crippen LogP contribution is -2.00. The first-order valence-electron chi connectivity index (χ1n) is 10.1. The molecule has 3 aromatic carbocycles. The third-order valence-corrected chi connectivity index (χ3v) is 5.13. The number of para-hydroxylation sites is 1. The van der Waals surface area contributed by atoms with Gasteiger partial charge in [0.15, 0.2) is 0 Å². The van der Waals surface area contributed by atoms with Gasteiger partial charge in [0.1, 0.15) is 23.6 Å². The fourth-order valence-electron chi connectivity index (χ4n) is 3.27. The Hall–Kier alpha value is -4.57. The van der Waals surface area contributed by atoms with Crippen LogP contribution in [-0.4, -0.2) is 29.9 Å². The minimum Gasteiger partial charge on any atom is -0.485 e. The van der Waals surface area contributed by atoms with E-state index in [0.717, 1.165) is 11.1 Å². The molecule has 0 atom stereocenters. The van der Waals surface area contributed by atoms with Crippen LogP contribution in [0.4, 0.5) is 17.3 Å². The Morgan fingerprint density at radius 3 is 2.71 bits per heavy atom. The van der Waals surface area contributed by atoms with Gasteiger partial charge in [-0.25, -0.2) is 14.6 Å². The number of nitro benzene ring substituents is 1. The molecule has 5 aromatic rings. The summed E-state index contributed by atoms with van der Waals surface area (Å²) in [4.78, 5) is 19.3. The molecule has 0 spiro atoms. The van der Waals surface area contributed by atoms with Gasteiger partial charge in [0, 0.05) is 34.4 Å². The molecule has 0 aliphatic rings. The van der Waals surface area contributed by atoms with Crippen LogP contribution >= 0.6 is 11.6 Å². The predicted molar refractivity (Wildman–Crippen MR) is 127 cm³/mol. The summed E-state index contributed by atoms with van der Waals surface area (Å²) < 4.78 is 7.51. The van der Waals surface area contributed by atoms with E-state index in [1.54, 1.807) is 36.7 Å². The van der Waals surface area contributed by atoms with Gasteiger partial charge < -0.3 is 10.1 Å². The zero-order valence-corrected chi connectivity index (χ0v) is 18.3. The van der Waals surface area contributed by atoms with Crippen LogP contribution in [0, 0.1) is 10.1 Å². The second kappa shape index (κ2) is 9.12. The number of non-ortho nitro benzene ring substituents is 1. The van der Waals surface area contributed by atoms with E-state index < -0.39 is 4.92 Å². The molecule has 11 heteroatoms. The third-order valence-electron chi connectivity index (χ3n) is 4.90. The number of anilines is 2. The second-order valence-electron chi connectivity index (χ2n) is 7.24. The number of benzene rings is 3. The molecule has 0 amide bonds. The summed E-state index contributed by atoms with van der Waals surface area (Å²) in [5, 5.41) is 23.6. The highest BCUT2D eigenvalue weighted by atomic mass is 35.5. The Kier molecular flexibility index (Phi) is 5.71. The fraction of sp³-hybridized carbons (Fsp3) is 0.0435. The maximum atomic E-state index is 10.8. The van der Waals surface area contributed by atoms with E-state index >= 15 is 0 Å². The van der Waals surface area contributed by atoms with Crippen LogP contribution in [0.25, 0.3) is 16.6 Å². The number of nitro groups is 1. The van der Waals surface area contributed by atoms with Gasteiger partial charge in [-0.05, 0) is 36.4 Å². The van der Waals surface area contributed by atoms with E-state index in [4.69, 9.17) is 16.3 Å². The minimum atomic E-state index is -0.450. The highest BCUT2D eigenvalue weighted by Crippen LogP contribution is 2.26. The molecule has 0 unspecified atom stereocenters. The molecule has 2 heterocycles. The highest BCUT2D eigenvalue weighted by molar-refractivity contribution is 6.30. The van der Waals surface area contributed by atoms with Crippen LogP contribution in [-0.2, 0) is 6.61 Å². The maximum absolute atomic E-state index is 10.8. The first-order valence-corrected chi connectivity index (χ1v) is 10.5. The summed E-state index contributed by atoms with van der Waals surface area (Å²) in [6.45, 7) is 0.160. The lowest BCUT2D eigenvalue weighted by molar-refractivity contribution is -0.384. The molecular weight excluding hydrogens is 458 g/mol. The minimum absolute atomic E-state index is 0.00888. The largest absolute Gasteiger partial charge is 0.485 e. The summed E-state index contributed by atoms with van der Waals surface area (Å²) in [5.74, 6) is 0.980. The van der Waals surface area contributed by atoms with Gasteiger partial charge >= 0.3 is 0 Å². The molecule has 0 aliphatic carbocycles. The lowest BCUT2D eigenvalue weighted by Gasteiger charge is -2.09. The molecule has 0 aliphatic heterocycles. The average Bonchev–Trinajstić information content (AvgIpc) is 3.32. The predicted octanol–water partition coefficient (Wildman–Crippen LogP) is 5.09. The highest BCUT2D eigenvalue weighted by Gasteiger charge is 2.10. The van der Waals surface area contributed by atoms with Crippen LogP contribution in [0.1, 0.15) is 5.69 Å². The van der Waals surface area contributed by atoms with Gasteiger partial charge in [-0.3, -0.25) is 10.1 Å². The Balaban J connectivity index is 1.33. The number of nitrogens with zero attached hydrogens (tertiary/aromatic N) is 6. The summed E-state index contributed by atoms with van der Waals surface area (Å²) in [7, 11) is 0. The summed E-state index contributed by atoms with van der Waals surface area (Å²) in [6, 6.07) is 18.9. The number of halogens is 1. The van der Waals surface area contributed by atoms with Gasteiger partial charge in [-0.15, -0.1) is 5.10 Å². The zero-order valence-electron chi connectivity index (χ0n) is 17.5. The monoisotopic (exact) mass is 473 g/mol. The van der Waals surface area contributed by atoms with Gasteiger partial charge in [0.25, 0.3) is 5.69 Å². The quantitative estimate of drug-likeness (QED) is 0.256. The van der Waals surface area contributed by atoms with Crippen LogP contribution in [0.15, 0.2) is 79.1 Å². The fourth-order valence-corrected chi connectivity index (χ4v) is 3.46. The molecule has 34 heavy (non-hydrogen) atoms. The smallest absolute Gasteiger partial charge is 0.269 e. The molecule has 0 bridgehead atoms. The summed E-state index contributed by atoms with van der Waals surface area (Å²) in [6.07, 6.45) is 3.42. The van der Waals surface area contributed by atoms with Crippen LogP contribution < -0.4 is 10.1 Å². The van der Waals surface area contributed by atoms with Crippen molar-refractivity contribution in [2.24, 2.45) is 0 Å². The van der Waals surface area contributed by atoms with Crippen molar-refractivity contribution in [2.45, 2.75) is 6.61 Å². The van der Waals surface area contributed by atoms with E-state index in [0.29, 0.717) is 33.6 Å². The van der Waals surface area contributed by atoms with Gasteiger partial charge in [0.05, 0.1) is 16.8 Å². The Labute approximate surface area is 198 Å². The van der Waals surface area contributed by atoms with Crippen molar-refractivity contribution in [3.05, 3.63) is 100.0 Å². The number of hydrogen-bond acceptors (Lipinski definition) is 8. The molecule has 1 N–H and O–H groups in total. The van der Waals surface area contributed by atoms with Crippen LogP contribution in [0.2, 0.25) is 5.02 Å². The average molecular weight is 474 g/mol. The van der Waals surface area contributed by atoms with Crippen LogP contribution in [0.3, 0.4) is 0 Å². The van der Waals surface area contributed by atoms with Crippen molar-refractivity contribution in [3.8, 4) is 11.4 Å². The first-order chi connectivity index (χ1) is 16.5. The van der Waals surface area contributed by atoms with Crippen molar-refractivity contribution in [1.82, 2.24) is 25.0 Å². The van der Waals surface area contributed by atoms with Gasteiger partial charge in [0.2, 0.25) is 5.95 Å². The molecule has 10 nitrogen and oxygen atoms in total. The SMILES string of the molecule is O=[N+]([O-])c1ccc(-n2cc(COc3cccc4cnc(Nc5cccc(Cl)c5)nc34)nn2)cc1. The standard InChI is InChI=1S/C23H16ClN7O3/c24-16-4-2-5-17(11-16)26-23-25-12-15-3-1-6-21(22(15)27-23)34-14-18-13-30(29-28-18)19-7-9-20(10-8-19)31(32)33/h1-13H,14H2,(H,25,26,27). The van der Waals surface area contributed by atoms with Crippen molar-refractivity contribution in [2.75, 3.05) is 5.32 Å². The normalized spacial score (nSPS) is 10.9. The molecule has 0 fully saturated rings. The topological polar surface area (TPSA) is 121 Å². The number of hydrogen-bond donors (Lipinski definition) is 1. The summed E-state index contributed by atoms with van der Waals surface area (Å²) >= 11 is 6.05. The Bertz CT molecular complexity index is 1490. The van der Waals surface area contributed by atoms with E-state index in [-0.39, 0.29) is 12.3 Å². The van der Waals surface area contributed by atoms with Gasteiger partial charge in [-0.1, -0.05) is 35.0 Å². The number of nitrogens with one attached hydrogen (secondary N) is 1. The first kappa shape index (κ1) is 21.3. The summed E-state index contributed by atoms with van der Waals surface area (Å²) in [5.41, 5.74) is 2.66. The van der Waals surface area contributed by atoms with Crippen molar-refractivity contribution in [3.63, 3.8) is 0 Å². The zero-order chi connectivity index (χ0) is 23.5. The molecule has 0 radical (unpaired) electrons. The van der Waals surface area contributed by atoms with Crippen molar-refractivity contribution < 1.29 is 9.66 Å².